The highest BCUT2D eigenvalue weighted by Gasteiger charge is 2.23. The number of likely N-dealkylation sites (tertiary alicyclic amines) is 1. The van der Waals surface area contributed by atoms with Crippen molar-refractivity contribution in [3.8, 4) is 0 Å². The number of amides is 1. The van der Waals surface area contributed by atoms with Crippen LogP contribution in [0, 0.1) is 12.3 Å². The summed E-state index contributed by atoms with van der Waals surface area (Å²) < 4.78 is 1.77. The summed E-state index contributed by atoms with van der Waals surface area (Å²) in [6.07, 6.45) is 19.0. The van der Waals surface area contributed by atoms with E-state index in [0.29, 0.717) is 11.9 Å². The number of carbonyl (C=O) groups excluding carboxylic acids is 2. The van der Waals surface area contributed by atoms with Crippen LogP contribution in [0.3, 0.4) is 0 Å². The van der Waals surface area contributed by atoms with E-state index in [0.717, 1.165) is 55.6 Å². The van der Waals surface area contributed by atoms with Gasteiger partial charge in [-0.15, -0.1) is 0 Å². The fourth-order valence-corrected chi connectivity index (χ4v) is 4.57. The summed E-state index contributed by atoms with van der Waals surface area (Å²) in [7, 11) is 1.00. The monoisotopic (exact) mass is 623 g/mol. The van der Waals surface area contributed by atoms with Crippen LogP contribution < -0.4 is 16.8 Å². The molecule has 10 heteroatoms. The molecule has 2 heterocycles. The molecule has 0 spiro atoms. The van der Waals surface area contributed by atoms with Gasteiger partial charge in [-0.05, 0) is 88.6 Å². The number of carbonyl (C=O) groups is 2. The number of aromatic nitrogens is 2. The molecule has 10 nitrogen and oxygen atoms in total. The van der Waals surface area contributed by atoms with Gasteiger partial charge in [0.25, 0.3) is 0 Å². The molecule has 45 heavy (non-hydrogen) atoms. The van der Waals surface area contributed by atoms with Crippen LogP contribution in [0.2, 0.25) is 0 Å². The number of rotatable bonds is 9. The van der Waals surface area contributed by atoms with Gasteiger partial charge >= 0.3 is 0 Å². The standard InChI is InChI=1S/C30H42N6.C2H6.CH3NO.CH4O.CH2O/c1-24-20-36(23-33-24)29(32)19-25(21-35-18-10-15-28(22-35)34-30(2,3)4)11-8-9-14-27(16-17-31)26-12-6-5-7-13-26;1-2;2-1-3;2*1-2/h5-8,11-14,16-17,19-20,23,28,32,34H,9-10,15,18,21-22,31H2,1-4H3;1-2H3;1H,(H2,2,3);2H,1H3;1H2/b11-8+,17-16-,25-19+,27-14+,32-29?;;;;. The first-order valence-corrected chi connectivity index (χ1v) is 15.1. The molecule has 1 aliphatic rings. The second kappa shape index (κ2) is 26.3. The lowest BCUT2D eigenvalue weighted by Crippen LogP contribution is -2.52. The Kier molecular flexibility index (Phi) is 25.1. The topological polar surface area (TPSA) is 163 Å². The smallest absolute Gasteiger partial charge is 0.204 e. The number of aliphatic hydroxyl groups excluding tert-OH is 1. The molecule has 1 aromatic carbocycles. The number of imidazole rings is 1. The summed E-state index contributed by atoms with van der Waals surface area (Å²) >= 11 is 0. The predicted molar refractivity (Wildman–Crippen MR) is 189 cm³/mol. The number of piperidine rings is 1. The van der Waals surface area contributed by atoms with Crippen molar-refractivity contribution in [1.29, 1.82) is 5.41 Å². The predicted octanol–water partition coefficient (Wildman–Crippen LogP) is 4.85. The molecule has 0 saturated carbocycles. The van der Waals surface area contributed by atoms with Crippen LogP contribution in [0.1, 0.15) is 65.1 Å². The number of nitrogens with zero attached hydrogens (tertiary/aromatic N) is 3. The Labute approximate surface area is 271 Å². The van der Waals surface area contributed by atoms with Gasteiger partial charge in [-0.3, -0.25) is 19.7 Å². The van der Waals surface area contributed by atoms with Crippen LogP contribution in [0.25, 0.3) is 5.57 Å². The van der Waals surface area contributed by atoms with E-state index in [2.05, 4.69) is 72.1 Å². The highest BCUT2D eigenvalue weighted by Crippen LogP contribution is 2.18. The Balaban J connectivity index is 0. The normalized spacial score (nSPS) is 15.3. The average Bonchev–Trinajstić information content (AvgIpc) is 3.48. The van der Waals surface area contributed by atoms with Gasteiger partial charge in [0.1, 0.15) is 19.0 Å². The van der Waals surface area contributed by atoms with Gasteiger partial charge in [-0.25, -0.2) is 4.98 Å². The lowest BCUT2D eigenvalue weighted by atomic mass is 10.00. The molecule has 1 fully saturated rings. The minimum absolute atomic E-state index is 0.106. The summed E-state index contributed by atoms with van der Waals surface area (Å²) in [4.78, 5) is 23.4. The molecule has 0 radical (unpaired) electrons. The quantitative estimate of drug-likeness (QED) is 0.115. The van der Waals surface area contributed by atoms with Crippen LogP contribution in [-0.4, -0.2) is 76.9 Å². The highest BCUT2D eigenvalue weighted by molar-refractivity contribution is 5.93. The van der Waals surface area contributed by atoms with E-state index in [1.54, 1.807) is 17.1 Å². The maximum absolute atomic E-state index is 8.61. The maximum Gasteiger partial charge on any atom is 0.204 e. The van der Waals surface area contributed by atoms with Crippen molar-refractivity contribution < 1.29 is 14.7 Å². The van der Waals surface area contributed by atoms with Crippen molar-refractivity contribution in [3.63, 3.8) is 0 Å². The molecule has 1 aromatic heterocycles. The first-order valence-electron chi connectivity index (χ1n) is 15.1. The Hall–Kier alpha value is -4.12. The average molecular weight is 624 g/mol. The second-order valence-corrected chi connectivity index (χ2v) is 10.7. The molecule has 2 aromatic rings. The SMILES string of the molecule is C=O.CC.CO.Cc1cn(C(=N)/C=C(\C=C\C/C=C(\C=C/N)c2ccccc2)CN2CCCC(NC(C)(C)C)C2)cn1.NC=O. The van der Waals surface area contributed by atoms with E-state index >= 15 is 0 Å². The second-order valence-electron chi connectivity index (χ2n) is 10.7. The Morgan fingerprint density at radius 1 is 1.16 bits per heavy atom. The summed E-state index contributed by atoms with van der Waals surface area (Å²) in [6, 6.07) is 10.8. The highest BCUT2D eigenvalue weighted by atomic mass is 16.2. The van der Waals surface area contributed by atoms with Gasteiger partial charge < -0.3 is 26.7 Å². The summed E-state index contributed by atoms with van der Waals surface area (Å²) in [5, 5.41) is 19.4. The van der Waals surface area contributed by atoms with E-state index < -0.39 is 0 Å². The third-order valence-electron chi connectivity index (χ3n) is 6.05. The Bertz CT molecular complexity index is 1180. The first kappa shape index (κ1) is 43.0. The molecular formula is C35H57N7O3. The van der Waals surface area contributed by atoms with Crippen LogP contribution in [0.5, 0.6) is 0 Å². The van der Waals surface area contributed by atoms with Crippen LogP contribution >= 0.6 is 0 Å². The van der Waals surface area contributed by atoms with E-state index in [1.807, 2.05) is 64.1 Å². The fraction of sp³-hybridized carbons (Fsp3) is 0.429. The van der Waals surface area contributed by atoms with Gasteiger partial charge in [0.15, 0.2) is 0 Å². The van der Waals surface area contributed by atoms with Crippen molar-refractivity contribution in [3.05, 3.63) is 96.3 Å². The molecule has 1 amide bonds. The number of nitrogens with one attached hydrogen (secondary N) is 2. The third kappa shape index (κ3) is 19.7. The molecule has 0 aliphatic carbocycles. The lowest BCUT2D eigenvalue weighted by Gasteiger charge is -2.37. The zero-order valence-electron chi connectivity index (χ0n) is 28.4. The van der Waals surface area contributed by atoms with Gasteiger partial charge in [0.05, 0.1) is 5.69 Å². The molecule has 7 N–H and O–H groups in total. The number of hydrogen-bond acceptors (Lipinski definition) is 8. The number of nitrogens with two attached hydrogens (primary N) is 2. The number of aryl methyl sites for hydroxylation is 1. The minimum atomic E-state index is 0.106. The summed E-state index contributed by atoms with van der Waals surface area (Å²) in [6.45, 7) is 17.5. The van der Waals surface area contributed by atoms with Crippen LogP contribution in [0.15, 0.2) is 85.0 Å². The first-order chi connectivity index (χ1) is 21.6. The largest absolute Gasteiger partial charge is 0.405 e. The maximum atomic E-state index is 8.61. The molecule has 1 unspecified atom stereocenters. The van der Waals surface area contributed by atoms with Crippen LogP contribution in [0.4, 0.5) is 0 Å². The van der Waals surface area contributed by atoms with Crippen LogP contribution in [-0.2, 0) is 9.59 Å². The lowest BCUT2D eigenvalue weighted by molar-refractivity contribution is -0.107. The van der Waals surface area contributed by atoms with E-state index in [4.69, 9.17) is 25.8 Å². The Morgan fingerprint density at radius 2 is 1.78 bits per heavy atom. The molecular weight excluding hydrogens is 566 g/mol. The van der Waals surface area contributed by atoms with Gasteiger partial charge in [0, 0.05) is 38.0 Å². The molecule has 250 valence electrons. The van der Waals surface area contributed by atoms with Crippen molar-refractivity contribution >= 4 is 24.6 Å². The number of hydrogen-bond donors (Lipinski definition) is 5. The van der Waals surface area contributed by atoms with E-state index in [9.17, 15) is 0 Å². The van der Waals surface area contributed by atoms with Gasteiger partial charge in [-0.1, -0.05) is 62.4 Å². The van der Waals surface area contributed by atoms with Crippen molar-refractivity contribution in [2.45, 2.75) is 72.4 Å². The molecule has 1 aliphatic heterocycles. The van der Waals surface area contributed by atoms with Crippen molar-refractivity contribution in [1.82, 2.24) is 19.8 Å². The zero-order chi connectivity index (χ0) is 34.7. The number of allylic oxidation sites excluding steroid dienone is 5. The van der Waals surface area contributed by atoms with Gasteiger partial charge in [-0.2, -0.15) is 0 Å². The third-order valence-corrected chi connectivity index (χ3v) is 6.05. The zero-order valence-corrected chi connectivity index (χ0v) is 28.4. The number of aliphatic hydroxyl groups is 1. The number of primary amides is 1. The summed E-state index contributed by atoms with van der Waals surface area (Å²) in [5.74, 6) is 0.420. The van der Waals surface area contributed by atoms with Gasteiger partial charge in [0.2, 0.25) is 6.41 Å². The van der Waals surface area contributed by atoms with E-state index in [-0.39, 0.29) is 11.9 Å². The molecule has 3 rings (SSSR count). The number of benzene rings is 1. The van der Waals surface area contributed by atoms with Crippen molar-refractivity contribution in [2.24, 2.45) is 11.5 Å². The molecule has 1 saturated heterocycles. The molecule has 0 bridgehead atoms. The summed E-state index contributed by atoms with van der Waals surface area (Å²) in [5.41, 5.74) is 14.2. The molecule has 1 atom stereocenters. The Morgan fingerprint density at radius 3 is 2.31 bits per heavy atom. The minimum Gasteiger partial charge on any atom is -0.405 e. The van der Waals surface area contributed by atoms with Crippen molar-refractivity contribution in [2.75, 3.05) is 26.7 Å². The fourth-order valence-electron chi connectivity index (χ4n) is 4.57. The van der Waals surface area contributed by atoms with E-state index in [1.165, 1.54) is 12.8 Å².